The van der Waals surface area contributed by atoms with Gasteiger partial charge < -0.3 is 10.6 Å². The van der Waals surface area contributed by atoms with E-state index in [0.717, 1.165) is 31.3 Å². The number of nitrogens with zero attached hydrogens (tertiary/aromatic N) is 3. The van der Waals surface area contributed by atoms with Gasteiger partial charge in [0.25, 0.3) is 0 Å². The van der Waals surface area contributed by atoms with Gasteiger partial charge in [-0.15, -0.1) is 11.3 Å². The third-order valence-corrected chi connectivity index (χ3v) is 5.05. The number of thiazole rings is 1. The van der Waals surface area contributed by atoms with Crippen molar-refractivity contribution in [3.8, 4) is 0 Å². The number of aromatic nitrogens is 1. The number of rotatable bonds is 4. The summed E-state index contributed by atoms with van der Waals surface area (Å²) in [5.74, 6) is 0. The number of piperazine rings is 1. The van der Waals surface area contributed by atoms with Crippen molar-refractivity contribution in [2.75, 3.05) is 37.6 Å². The van der Waals surface area contributed by atoms with Gasteiger partial charge in [0.15, 0.2) is 5.13 Å². The van der Waals surface area contributed by atoms with Crippen molar-refractivity contribution >= 4 is 16.5 Å². The number of nitrogens with two attached hydrogens (primary N) is 1. The molecule has 2 heterocycles. The molecule has 1 saturated heterocycles. The Morgan fingerprint density at radius 3 is 2.62 bits per heavy atom. The first-order chi connectivity index (χ1) is 10.3. The maximum Gasteiger partial charge on any atom is 0.185 e. The van der Waals surface area contributed by atoms with Crippen LogP contribution in [-0.2, 0) is 0 Å². The van der Waals surface area contributed by atoms with E-state index in [2.05, 4.69) is 46.0 Å². The van der Waals surface area contributed by atoms with Crippen LogP contribution in [0.15, 0.2) is 35.8 Å². The fourth-order valence-corrected chi connectivity index (χ4v) is 3.73. The average molecular weight is 302 g/mol. The van der Waals surface area contributed by atoms with Gasteiger partial charge in [0.2, 0.25) is 0 Å². The summed E-state index contributed by atoms with van der Waals surface area (Å²) in [5, 5.41) is 3.17. The highest BCUT2D eigenvalue weighted by Gasteiger charge is 2.25. The molecule has 1 fully saturated rings. The van der Waals surface area contributed by atoms with Gasteiger partial charge in [0.05, 0.1) is 0 Å². The summed E-state index contributed by atoms with van der Waals surface area (Å²) in [6.07, 6.45) is 1.88. The van der Waals surface area contributed by atoms with Crippen molar-refractivity contribution in [2.24, 2.45) is 5.73 Å². The van der Waals surface area contributed by atoms with Crippen molar-refractivity contribution in [2.45, 2.75) is 13.0 Å². The van der Waals surface area contributed by atoms with E-state index in [-0.39, 0.29) is 0 Å². The lowest BCUT2D eigenvalue weighted by molar-refractivity contribution is 0.189. The molecule has 0 saturated carbocycles. The van der Waals surface area contributed by atoms with Crippen LogP contribution in [0.4, 0.5) is 5.13 Å². The molecule has 0 aliphatic carbocycles. The van der Waals surface area contributed by atoms with E-state index in [0.29, 0.717) is 12.6 Å². The largest absolute Gasteiger partial charge is 0.346 e. The highest BCUT2D eigenvalue weighted by Crippen LogP contribution is 2.26. The normalized spacial score (nSPS) is 17.9. The number of hydrogen-bond donors (Lipinski definition) is 1. The van der Waals surface area contributed by atoms with E-state index in [1.165, 1.54) is 11.1 Å². The van der Waals surface area contributed by atoms with Gasteiger partial charge in [0.1, 0.15) is 0 Å². The van der Waals surface area contributed by atoms with Crippen molar-refractivity contribution in [3.63, 3.8) is 0 Å². The number of anilines is 1. The third kappa shape index (κ3) is 3.10. The van der Waals surface area contributed by atoms with E-state index < -0.39 is 0 Å². The molecule has 0 amide bonds. The molecule has 3 rings (SSSR count). The van der Waals surface area contributed by atoms with Gasteiger partial charge in [-0.1, -0.05) is 24.3 Å². The third-order valence-electron chi connectivity index (χ3n) is 4.22. The van der Waals surface area contributed by atoms with Crippen LogP contribution in [-0.4, -0.2) is 42.6 Å². The fourth-order valence-electron chi connectivity index (χ4n) is 3.03. The van der Waals surface area contributed by atoms with E-state index in [1.54, 1.807) is 11.3 Å². The van der Waals surface area contributed by atoms with Crippen LogP contribution in [0.2, 0.25) is 0 Å². The van der Waals surface area contributed by atoms with Gasteiger partial charge in [-0.25, -0.2) is 4.98 Å². The Morgan fingerprint density at radius 1 is 1.24 bits per heavy atom. The van der Waals surface area contributed by atoms with Crippen LogP contribution in [0.1, 0.15) is 17.2 Å². The summed E-state index contributed by atoms with van der Waals surface area (Å²) >= 11 is 1.72. The Morgan fingerprint density at radius 2 is 2.00 bits per heavy atom. The minimum absolute atomic E-state index is 0.324. The first kappa shape index (κ1) is 14.5. The molecule has 2 aromatic rings. The zero-order valence-electron chi connectivity index (χ0n) is 12.4. The molecule has 112 valence electrons. The van der Waals surface area contributed by atoms with Crippen molar-refractivity contribution in [1.82, 2.24) is 9.88 Å². The number of hydrogen-bond acceptors (Lipinski definition) is 5. The topological polar surface area (TPSA) is 45.4 Å². The predicted octanol–water partition coefficient (Wildman–Crippen LogP) is 2.27. The molecule has 5 heteroatoms. The molecule has 1 aliphatic heterocycles. The Hall–Kier alpha value is -1.43. The molecule has 0 radical (unpaired) electrons. The van der Waals surface area contributed by atoms with Crippen LogP contribution >= 0.6 is 11.3 Å². The number of benzene rings is 1. The maximum atomic E-state index is 6.07. The zero-order valence-corrected chi connectivity index (χ0v) is 13.2. The minimum atomic E-state index is 0.324. The second-order valence-electron chi connectivity index (χ2n) is 5.45. The molecule has 1 aliphatic rings. The Balaban J connectivity index is 1.69. The highest BCUT2D eigenvalue weighted by atomic mass is 32.1. The molecule has 0 bridgehead atoms. The van der Waals surface area contributed by atoms with Gasteiger partial charge in [0, 0.05) is 50.3 Å². The molecule has 21 heavy (non-hydrogen) atoms. The lowest BCUT2D eigenvalue weighted by Gasteiger charge is -2.39. The van der Waals surface area contributed by atoms with Crippen molar-refractivity contribution in [1.29, 1.82) is 0 Å². The average Bonchev–Trinajstić information content (AvgIpc) is 3.05. The van der Waals surface area contributed by atoms with Crippen molar-refractivity contribution < 1.29 is 0 Å². The molecule has 1 aromatic heterocycles. The van der Waals surface area contributed by atoms with Gasteiger partial charge >= 0.3 is 0 Å². The lowest BCUT2D eigenvalue weighted by Crippen LogP contribution is -2.49. The molecule has 0 spiro atoms. The molecule has 1 unspecified atom stereocenters. The molecular weight excluding hydrogens is 280 g/mol. The lowest BCUT2D eigenvalue weighted by atomic mass is 9.99. The van der Waals surface area contributed by atoms with E-state index >= 15 is 0 Å². The van der Waals surface area contributed by atoms with Crippen LogP contribution in [0.5, 0.6) is 0 Å². The summed E-state index contributed by atoms with van der Waals surface area (Å²) in [6.45, 7) is 6.96. The van der Waals surface area contributed by atoms with Crippen LogP contribution in [0, 0.1) is 6.92 Å². The first-order valence-corrected chi connectivity index (χ1v) is 8.31. The number of aryl methyl sites for hydroxylation is 1. The molecule has 4 nitrogen and oxygen atoms in total. The predicted molar refractivity (Wildman–Crippen MR) is 88.9 cm³/mol. The minimum Gasteiger partial charge on any atom is -0.346 e. The van der Waals surface area contributed by atoms with Crippen LogP contribution in [0.25, 0.3) is 0 Å². The van der Waals surface area contributed by atoms with E-state index in [9.17, 15) is 0 Å². The Kier molecular flexibility index (Phi) is 4.53. The highest BCUT2D eigenvalue weighted by molar-refractivity contribution is 7.13. The quantitative estimate of drug-likeness (QED) is 0.941. The summed E-state index contributed by atoms with van der Waals surface area (Å²) in [7, 11) is 0. The summed E-state index contributed by atoms with van der Waals surface area (Å²) in [5.41, 5.74) is 8.76. The van der Waals surface area contributed by atoms with Gasteiger partial charge in [-0.2, -0.15) is 0 Å². The van der Waals surface area contributed by atoms with E-state index in [1.807, 2.05) is 11.6 Å². The standard InChI is InChI=1S/C16H22N4S/c1-13-4-2-3-5-14(13)15(12-17)19-7-9-20(10-8-19)16-18-6-11-21-16/h2-6,11,15H,7-10,12,17H2,1H3. The van der Waals surface area contributed by atoms with Crippen LogP contribution < -0.4 is 10.6 Å². The molecular formula is C16H22N4S. The van der Waals surface area contributed by atoms with Gasteiger partial charge in [-0.05, 0) is 18.1 Å². The Bertz CT molecular complexity index is 561. The SMILES string of the molecule is Cc1ccccc1C(CN)N1CCN(c2nccs2)CC1. The molecule has 2 N–H and O–H groups in total. The second kappa shape index (κ2) is 6.56. The monoisotopic (exact) mass is 302 g/mol. The van der Waals surface area contributed by atoms with Crippen LogP contribution in [0.3, 0.4) is 0 Å². The van der Waals surface area contributed by atoms with E-state index in [4.69, 9.17) is 5.73 Å². The smallest absolute Gasteiger partial charge is 0.185 e. The van der Waals surface area contributed by atoms with Gasteiger partial charge in [-0.3, -0.25) is 4.90 Å². The summed E-state index contributed by atoms with van der Waals surface area (Å²) in [6, 6.07) is 8.90. The maximum absolute atomic E-state index is 6.07. The van der Waals surface area contributed by atoms with Crippen molar-refractivity contribution in [3.05, 3.63) is 47.0 Å². The Labute approximate surface area is 130 Å². The summed E-state index contributed by atoms with van der Waals surface area (Å²) < 4.78 is 0. The molecule has 1 aromatic carbocycles. The zero-order chi connectivity index (χ0) is 14.7. The molecule has 1 atom stereocenters. The second-order valence-corrected chi connectivity index (χ2v) is 6.32. The summed E-state index contributed by atoms with van der Waals surface area (Å²) in [4.78, 5) is 9.28. The fraction of sp³-hybridized carbons (Fsp3) is 0.438. The first-order valence-electron chi connectivity index (χ1n) is 7.43.